The number of carbonyl (C=O) groups excluding carboxylic acids is 1. The monoisotopic (exact) mass is 328 g/mol. The number of ether oxygens (including phenoxy) is 2. The summed E-state index contributed by atoms with van der Waals surface area (Å²) < 4.78 is 11.9. The predicted octanol–water partition coefficient (Wildman–Crippen LogP) is 1.53. The molecule has 1 heterocycles. The van der Waals surface area contributed by atoms with E-state index in [1.165, 1.54) is 0 Å². The van der Waals surface area contributed by atoms with Crippen molar-refractivity contribution in [1.29, 1.82) is 0 Å². The van der Waals surface area contributed by atoms with Gasteiger partial charge in [-0.15, -0.1) is 0 Å². The summed E-state index contributed by atoms with van der Waals surface area (Å²) in [5.41, 5.74) is 6.55. The number of nitrogens with zero attached hydrogens (tertiary/aromatic N) is 1. The molecule has 0 radical (unpaired) electrons. The molecule has 2 rings (SSSR count). The van der Waals surface area contributed by atoms with Gasteiger partial charge in [-0.3, -0.25) is 4.79 Å². The Bertz CT molecular complexity index is 493. The highest BCUT2D eigenvalue weighted by molar-refractivity contribution is 9.10. The quantitative estimate of drug-likeness (QED) is 0.910. The highest BCUT2D eigenvalue weighted by atomic mass is 79.9. The van der Waals surface area contributed by atoms with Crippen LogP contribution in [0.3, 0.4) is 0 Å². The van der Waals surface area contributed by atoms with Gasteiger partial charge in [-0.25, -0.2) is 0 Å². The second-order valence-electron chi connectivity index (χ2n) is 4.47. The van der Waals surface area contributed by atoms with Crippen LogP contribution in [-0.4, -0.2) is 37.6 Å². The van der Waals surface area contributed by atoms with Gasteiger partial charge in [0.25, 0.3) is 5.91 Å². The van der Waals surface area contributed by atoms with E-state index in [-0.39, 0.29) is 5.91 Å². The van der Waals surface area contributed by atoms with Gasteiger partial charge in [-0.1, -0.05) is 0 Å². The summed E-state index contributed by atoms with van der Waals surface area (Å²) in [6.07, 6.45) is 0.239. The fourth-order valence-corrected chi connectivity index (χ4v) is 2.63. The number of likely N-dealkylation sites (tertiary alicyclic amines) is 1. The molecule has 104 valence electrons. The topological polar surface area (TPSA) is 64.8 Å². The van der Waals surface area contributed by atoms with Crippen molar-refractivity contribution < 1.29 is 14.3 Å². The highest BCUT2D eigenvalue weighted by Gasteiger charge is 2.32. The normalized spacial score (nSPS) is 18.8. The number of hydrogen-bond acceptors (Lipinski definition) is 4. The van der Waals surface area contributed by atoms with Gasteiger partial charge in [-0.2, -0.15) is 0 Å². The average molecular weight is 329 g/mol. The van der Waals surface area contributed by atoms with E-state index in [0.717, 1.165) is 10.0 Å². The summed E-state index contributed by atoms with van der Waals surface area (Å²) >= 11 is 3.44. The fraction of sp³-hybridized carbons (Fsp3) is 0.462. The molecule has 19 heavy (non-hydrogen) atoms. The first kappa shape index (κ1) is 14.1. The van der Waals surface area contributed by atoms with Crippen molar-refractivity contribution in [2.75, 3.05) is 20.7 Å². The van der Waals surface area contributed by atoms with E-state index in [4.69, 9.17) is 15.2 Å². The SMILES string of the molecule is COc1cc(CN)cc(Br)c1OC1CCN(C)C1=O. The van der Waals surface area contributed by atoms with Crippen LogP contribution in [0.15, 0.2) is 16.6 Å². The van der Waals surface area contributed by atoms with Crippen LogP contribution < -0.4 is 15.2 Å². The molecule has 1 fully saturated rings. The molecule has 1 aliphatic heterocycles. The van der Waals surface area contributed by atoms with Gasteiger partial charge < -0.3 is 20.1 Å². The van der Waals surface area contributed by atoms with Gasteiger partial charge in [0.2, 0.25) is 0 Å². The Hall–Kier alpha value is -1.27. The van der Waals surface area contributed by atoms with Gasteiger partial charge in [-0.05, 0) is 33.6 Å². The lowest BCUT2D eigenvalue weighted by Crippen LogP contribution is -2.29. The first-order valence-electron chi connectivity index (χ1n) is 6.05. The molecular formula is C13H17BrN2O3. The van der Waals surface area contributed by atoms with Crippen molar-refractivity contribution in [3.8, 4) is 11.5 Å². The van der Waals surface area contributed by atoms with Crippen molar-refractivity contribution in [2.45, 2.75) is 19.1 Å². The molecular weight excluding hydrogens is 312 g/mol. The van der Waals surface area contributed by atoms with Crippen LogP contribution in [0.4, 0.5) is 0 Å². The highest BCUT2D eigenvalue weighted by Crippen LogP contribution is 2.38. The molecule has 0 bridgehead atoms. The van der Waals surface area contributed by atoms with E-state index in [1.54, 1.807) is 19.1 Å². The number of methoxy groups -OCH3 is 1. The standard InChI is InChI=1S/C13H17BrN2O3/c1-16-4-3-10(13(16)17)19-12-9(14)5-8(7-15)6-11(12)18-2/h5-6,10H,3-4,7,15H2,1-2H3. The van der Waals surface area contributed by atoms with Crippen molar-refractivity contribution in [3.05, 3.63) is 22.2 Å². The minimum atomic E-state index is -0.445. The van der Waals surface area contributed by atoms with Crippen LogP contribution in [-0.2, 0) is 11.3 Å². The zero-order valence-corrected chi connectivity index (χ0v) is 12.6. The Morgan fingerprint density at radius 2 is 2.26 bits per heavy atom. The van der Waals surface area contributed by atoms with E-state index in [2.05, 4.69) is 15.9 Å². The molecule has 1 amide bonds. The first-order chi connectivity index (χ1) is 9.06. The lowest BCUT2D eigenvalue weighted by Gasteiger charge is -2.17. The van der Waals surface area contributed by atoms with Gasteiger partial charge in [0, 0.05) is 26.6 Å². The Kier molecular flexibility index (Phi) is 4.31. The van der Waals surface area contributed by atoms with Gasteiger partial charge in [0.15, 0.2) is 17.6 Å². The van der Waals surface area contributed by atoms with E-state index in [9.17, 15) is 4.79 Å². The molecule has 1 saturated heterocycles. The molecule has 1 unspecified atom stereocenters. The van der Waals surface area contributed by atoms with Crippen LogP contribution in [0, 0.1) is 0 Å². The van der Waals surface area contributed by atoms with Crippen LogP contribution in [0.25, 0.3) is 0 Å². The Balaban J connectivity index is 2.27. The smallest absolute Gasteiger partial charge is 0.263 e. The molecule has 2 N–H and O–H groups in total. The molecule has 1 atom stereocenters. The summed E-state index contributed by atoms with van der Waals surface area (Å²) in [5, 5.41) is 0. The van der Waals surface area contributed by atoms with Gasteiger partial charge in [0.05, 0.1) is 11.6 Å². The molecule has 1 aromatic rings. The fourth-order valence-electron chi connectivity index (χ4n) is 2.05. The van der Waals surface area contributed by atoms with Gasteiger partial charge >= 0.3 is 0 Å². The van der Waals surface area contributed by atoms with Gasteiger partial charge in [0.1, 0.15) is 0 Å². The third-order valence-corrected chi connectivity index (χ3v) is 3.75. The predicted molar refractivity (Wildman–Crippen MR) is 75.3 cm³/mol. The Morgan fingerprint density at radius 3 is 2.79 bits per heavy atom. The lowest BCUT2D eigenvalue weighted by atomic mass is 10.2. The number of nitrogens with two attached hydrogens (primary N) is 1. The third-order valence-electron chi connectivity index (χ3n) is 3.16. The minimum absolute atomic E-state index is 0.00291. The zero-order valence-electron chi connectivity index (χ0n) is 11.0. The number of likely N-dealkylation sites (N-methyl/N-ethyl adjacent to an activating group) is 1. The van der Waals surface area contributed by atoms with Crippen LogP contribution in [0.5, 0.6) is 11.5 Å². The van der Waals surface area contributed by atoms with Crippen LogP contribution in [0.1, 0.15) is 12.0 Å². The third kappa shape index (κ3) is 2.84. The maximum Gasteiger partial charge on any atom is 0.263 e. The van der Waals surface area contributed by atoms with E-state index in [0.29, 0.717) is 31.0 Å². The number of benzene rings is 1. The summed E-state index contributed by atoms with van der Waals surface area (Å²) in [5.74, 6) is 1.13. The molecule has 0 spiro atoms. The van der Waals surface area contributed by atoms with Crippen molar-refractivity contribution in [2.24, 2.45) is 5.73 Å². The number of rotatable bonds is 4. The maximum absolute atomic E-state index is 11.9. The maximum atomic E-state index is 11.9. The van der Waals surface area contributed by atoms with Crippen molar-refractivity contribution >= 4 is 21.8 Å². The molecule has 0 aromatic heterocycles. The molecule has 1 aromatic carbocycles. The Morgan fingerprint density at radius 1 is 1.53 bits per heavy atom. The number of halogens is 1. The number of amides is 1. The zero-order chi connectivity index (χ0) is 14.0. The number of hydrogen-bond donors (Lipinski definition) is 1. The first-order valence-corrected chi connectivity index (χ1v) is 6.84. The molecule has 6 heteroatoms. The van der Waals surface area contributed by atoms with Crippen molar-refractivity contribution in [1.82, 2.24) is 4.90 Å². The summed E-state index contributed by atoms with van der Waals surface area (Å²) in [7, 11) is 3.34. The lowest BCUT2D eigenvalue weighted by molar-refractivity contribution is -0.132. The van der Waals surface area contributed by atoms with E-state index >= 15 is 0 Å². The molecule has 0 aliphatic carbocycles. The van der Waals surface area contributed by atoms with Crippen LogP contribution >= 0.6 is 15.9 Å². The second kappa shape index (κ2) is 5.79. The number of carbonyl (C=O) groups is 1. The second-order valence-corrected chi connectivity index (χ2v) is 5.32. The molecule has 5 nitrogen and oxygen atoms in total. The largest absolute Gasteiger partial charge is 0.493 e. The van der Waals surface area contributed by atoms with E-state index in [1.807, 2.05) is 12.1 Å². The average Bonchev–Trinajstić information content (AvgIpc) is 2.72. The van der Waals surface area contributed by atoms with Crippen LogP contribution in [0.2, 0.25) is 0 Å². The molecule has 0 saturated carbocycles. The molecule has 1 aliphatic rings. The Labute approximate surface area is 120 Å². The van der Waals surface area contributed by atoms with E-state index < -0.39 is 6.10 Å². The summed E-state index contributed by atoms with van der Waals surface area (Å²) in [6.45, 7) is 1.13. The van der Waals surface area contributed by atoms with Crippen molar-refractivity contribution in [3.63, 3.8) is 0 Å². The minimum Gasteiger partial charge on any atom is -0.493 e. The summed E-state index contributed by atoms with van der Waals surface area (Å²) in [4.78, 5) is 13.5. The summed E-state index contributed by atoms with van der Waals surface area (Å²) in [6, 6.07) is 3.70.